The van der Waals surface area contributed by atoms with Gasteiger partial charge in [0, 0.05) is 0 Å². The Bertz CT molecular complexity index is 229. The van der Waals surface area contributed by atoms with E-state index in [4.69, 9.17) is 4.42 Å². The van der Waals surface area contributed by atoms with Crippen molar-refractivity contribution < 1.29 is 9.52 Å². The molecule has 0 spiro atoms. The molecule has 15 heavy (non-hydrogen) atoms. The van der Waals surface area contributed by atoms with Crippen molar-refractivity contribution in [2.75, 3.05) is 0 Å². The Morgan fingerprint density at radius 3 is 2.60 bits per heavy atom. The van der Waals surface area contributed by atoms with Gasteiger partial charge in [-0.15, -0.1) is 0 Å². The van der Waals surface area contributed by atoms with Gasteiger partial charge >= 0.3 is 0 Å². The summed E-state index contributed by atoms with van der Waals surface area (Å²) in [5.74, 6) is 0.698. The third-order valence-electron chi connectivity index (χ3n) is 2.70. The van der Waals surface area contributed by atoms with Crippen LogP contribution in [0.15, 0.2) is 22.8 Å². The molecule has 0 aliphatic rings. The summed E-state index contributed by atoms with van der Waals surface area (Å²) in [6, 6.07) is 3.65. The fourth-order valence-electron chi connectivity index (χ4n) is 1.74. The summed E-state index contributed by atoms with van der Waals surface area (Å²) in [7, 11) is 0. The summed E-state index contributed by atoms with van der Waals surface area (Å²) < 4.78 is 5.14. The van der Waals surface area contributed by atoms with Crippen LogP contribution in [-0.2, 0) is 0 Å². The quantitative estimate of drug-likeness (QED) is 0.656. The van der Waals surface area contributed by atoms with E-state index in [2.05, 4.69) is 6.92 Å². The van der Waals surface area contributed by atoms with E-state index in [1.807, 2.05) is 12.1 Å². The predicted octanol–water partition coefficient (Wildman–Crippen LogP) is 4.06. The van der Waals surface area contributed by atoms with Gasteiger partial charge in [-0.25, -0.2) is 0 Å². The summed E-state index contributed by atoms with van der Waals surface area (Å²) in [4.78, 5) is 0. The Hall–Kier alpha value is -0.760. The molecule has 1 unspecified atom stereocenters. The van der Waals surface area contributed by atoms with Crippen molar-refractivity contribution in [3.63, 3.8) is 0 Å². The molecular formula is C13H22O2. The largest absolute Gasteiger partial charge is 0.467 e. The van der Waals surface area contributed by atoms with Crippen molar-refractivity contribution in [3.8, 4) is 0 Å². The second-order valence-corrected chi connectivity index (χ2v) is 4.09. The molecule has 0 saturated heterocycles. The summed E-state index contributed by atoms with van der Waals surface area (Å²) in [6.07, 6.45) is 9.57. The molecular weight excluding hydrogens is 188 g/mol. The molecule has 0 saturated carbocycles. The Morgan fingerprint density at radius 1 is 1.20 bits per heavy atom. The van der Waals surface area contributed by atoms with Crippen LogP contribution in [0.3, 0.4) is 0 Å². The molecule has 0 radical (unpaired) electrons. The number of hydrogen-bond donors (Lipinski definition) is 1. The standard InChI is InChI=1S/C13H22O2/c1-2-3-4-5-6-7-9-12(14)13-10-8-11-15-13/h8,10-12,14H,2-7,9H2,1H3. The van der Waals surface area contributed by atoms with Crippen molar-refractivity contribution in [1.82, 2.24) is 0 Å². The molecule has 86 valence electrons. The first-order chi connectivity index (χ1) is 7.34. The van der Waals surface area contributed by atoms with Gasteiger partial charge in [0.2, 0.25) is 0 Å². The minimum atomic E-state index is -0.411. The number of unbranched alkanes of at least 4 members (excludes halogenated alkanes) is 5. The van der Waals surface area contributed by atoms with Gasteiger partial charge < -0.3 is 9.52 Å². The first kappa shape index (κ1) is 12.3. The minimum Gasteiger partial charge on any atom is -0.467 e. The average molecular weight is 210 g/mol. The topological polar surface area (TPSA) is 33.4 Å². The first-order valence-electron chi connectivity index (χ1n) is 6.06. The van der Waals surface area contributed by atoms with E-state index in [9.17, 15) is 5.11 Å². The van der Waals surface area contributed by atoms with Crippen molar-refractivity contribution in [2.45, 2.75) is 58.0 Å². The van der Waals surface area contributed by atoms with Gasteiger partial charge in [0.05, 0.1) is 6.26 Å². The lowest BCUT2D eigenvalue weighted by Gasteiger charge is -2.06. The van der Waals surface area contributed by atoms with Crippen LogP contribution >= 0.6 is 0 Å². The summed E-state index contributed by atoms with van der Waals surface area (Å²) in [6.45, 7) is 2.22. The SMILES string of the molecule is CCCCCCCCC(O)c1ccco1. The van der Waals surface area contributed by atoms with E-state index in [0.717, 1.165) is 12.8 Å². The van der Waals surface area contributed by atoms with E-state index >= 15 is 0 Å². The van der Waals surface area contributed by atoms with Gasteiger partial charge in [-0.1, -0.05) is 45.4 Å². The number of rotatable bonds is 8. The van der Waals surface area contributed by atoms with Gasteiger partial charge in [-0.05, 0) is 18.6 Å². The second-order valence-electron chi connectivity index (χ2n) is 4.09. The molecule has 0 bridgehead atoms. The number of furan rings is 1. The van der Waals surface area contributed by atoms with Crippen LogP contribution in [0, 0.1) is 0 Å². The fourth-order valence-corrected chi connectivity index (χ4v) is 1.74. The molecule has 1 N–H and O–H groups in total. The Balaban J connectivity index is 2.00. The molecule has 1 atom stereocenters. The van der Waals surface area contributed by atoms with Gasteiger partial charge in [0.25, 0.3) is 0 Å². The minimum absolute atomic E-state index is 0.411. The maximum Gasteiger partial charge on any atom is 0.132 e. The van der Waals surface area contributed by atoms with Crippen molar-refractivity contribution in [1.29, 1.82) is 0 Å². The van der Waals surface area contributed by atoms with Crippen LogP contribution in [0.25, 0.3) is 0 Å². The van der Waals surface area contributed by atoms with Crippen LogP contribution in [0.1, 0.15) is 63.7 Å². The van der Waals surface area contributed by atoms with Crippen molar-refractivity contribution in [3.05, 3.63) is 24.2 Å². The van der Waals surface area contributed by atoms with Crippen LogP contribution in [-0.4, -0.2) is 5.11 Å². The molecule has 1 aromatic rings. The third-order valence-corrected chi connectivity index (χ3v) is 2.70. The van der Waals surface area contributed by atoms with E-state index in [-0.39, 0.29) is 0 Å². The fraction of sp³-hybridized carbons (Fsp3) is 0.692. The molecule has 1 heterocycles. The number of aliphatic hydroxyl groups excluding tert-OH is 1. The smallest absolute Gasteiger partial charge is 0.132 e. The van der Waals surface area contributed by atoms with Gasteiger partial charge in [-0.2, -0.15) is 0 Å². The van der Waals surface area contributed by atoms with Gasteiger partial charge in [0.1, 0.15) is 11.9 Å². The molecule has 1 aromatic heterocycles. The Labute approximate surface area is 92.3 Å². The zero-order valence-electron chi connectivity index (χ0n) is 9.61. The van der Waals surface area contributed by atoms with E-state index in [1.165, 1.54) is 32.1 Å². The maximum atomic E-state index is 9.72. The summed E-state index contributed by atoms with van der Waals surface area (Å²) >= 11 is 0. The van der Waals surface area contributed by atoms with E-state index in [1.54, 1.807) is 6.26 Å². The molecule has 0 aliphatic heterocycles. The lowest BCUT2D eigenvalue weighted by atomic mass is 10.1. The van der Waals surface area contributed by atoms with Crippen LogP contribution in [0.5, 0.6) is 0 Å². The van der Waals surface area contributed by atoms with Crippen LogP contribution in [0.4, 0.5) is 0 Å². The third kappa shape index (κ3) is 5.03. The molecule has 0 aromatic carbocycles. The highest BCUT2D eigenvalue weighted by Crippen LogP contribution is 2.20. The predicted molar refractivity (Wildman–Crippen MR) is 61.7 cm³/mol. The molecule has 0 amide bonds. The maximum absolute atomic E-state index is 9.72. The van der Waals surface area contributed by atoms with Gasteiger partial charge in [0.15, 0.2) is 0 Å². The number of aliphatic hydroxyl groups is 1. The highest BCUT2D eigenvalue weighted by Gasteiger charge is 2.08. The molecule has 2 nitrogen and oxygen atoms in total. The molecule has 0 aliphatic carbocycles. The van der Waals surface area contributed by atoms with Crippen LogP contribution < -0.4 is 0 Å². The zero-order chi connectivity index (χ0) is 10.9. The summed E-state index contributed by atoms with van der Waals surface area (Å²) in [5.41, 5.74) is 0. The average Bonchev–Trinajstić information content (AvgIpc) is 2.76. The Kier molecular flexibility index (Phi) is 6.17. The van der Waals surface area contributed by atoms with E-state index < -0.39 is 6.10 Å². The Morgan fingerprint density at radius 2 is 1.93 bits per heavy atom. The lowest BCUT2D eigenvalue weighted by molar-refractivity contribution is 0.136. The zero-order valence-corrected chi connectivity index (χ0v) is 9.61. The lowest BCUT2D eigenvalue weighted by Crippen LogP contribution is -1.95. The second kappa shape index (κ2) is 7.52. The van der Waals surface area contributed by atoms with Gasteiger partial charge in [-0.3, -0.25) is 0 Å². The number of hydrogen-bond acceptors (Lipinski definition) is 2. The summed E-state index contributed by atoms with van der Waals surface area (Å²) in [5, 5.41) is 9.72. The monoisotopic (exact) mass is 210 g/mol. The van der Waals surface area contributed by atoms with E-state index in [0.29, 0.717) is 5.76 Å². The first-order valence-corrected chi connectivity index (χ1v) is 6.06. The highest BCUT2D eigenvalue weighted by molar-refractivity contribution is 5.01. The highest BCUT2D eigenvalue weighted by atomic mass is 16.4. The molecule has 0 fully saturated rings. The van der Waals surface area contributed by atoms with Crippen molar-refractivity contribution >= 4 is 0 Å². The molecule has 2 heteroatoms. The molecule has 1 rings (SSSR count). The van der Waals surface area contributed by atoms with Crippen molar-refractivity contribution in [2.24, 2.45) is 0 Å². The normalized spacial score (nSPS) is 12.9. The van der Waals surface area contributed by atoms with Crippen LogP contribution in [0.2, 0.25) is 0 Å².